The SMILES string of the molecule is COc1cccc2cc(C(=O)Nc3cnc(Oc4ccccc4)nc3)oc12. The highest BCUT2D eigenvalue weighted by atomic mass is 16.5. The molecule has 4 rings (SSSR count). The summed E-state index contributed by atoms with van der Waals surface area (Å²) in [5, 5.41) is 3.47. The minimum absolute atomic E-state index is 0.166. The molecule has 7 heteroatoms. The van der Waals surface area contributed by atoms with Crippen molar-refractivity contribution in [3.05, 3.63) is 72.8 Å². The minimum atomic E-state index is -0.409. The Morgan fingerprint density at radius 1 is 1.04 bits per heavy atom. The van der Waals surface area contributed by atoms with Gasteiger partial charge in [-0.15, -0.1) is 0 Å². The molecule has 2 heterocycles. The van der Waals surface area contributed by atoms with Crippen LogP contribution in [0, 0.1) is 0 Å². The van der Waals surface area contributed by atoms with Crippen molar-refractivity contribution in [3.63, 3.8) is 0 Å². The number of benzene rings is 2. The highest BCUT2D eigenvalue weighted by molar-refractivity contribution is 6.04. The van der Waals surface area contributed by atoms with Crippen LogP contribution >= 0.6 is 0 Å². The van der Waals surface area contributed by atoms with Crippen LogP contribution in [-0.4, -0.2) is 23.0 Å². The number of ether oxygens (including phenoxy) is 2. The van der Waals surface area contributed by atoms with Crippen molar-refractivity contribution in [2.75, 3.05) is 12.4 Å². The van der Waals surface area contributed by atoms with Crippen LogP contribution in [0.3, 0.4) is 0 Å². The number of amides is 1. The molecule has 4 aromatic rings. The van der Waals surface area contributed by atoms with Gasteiger partial charge in [0.15, 0.2) is 17.1 Å². The van der Waals surface area contributed by atoms with Gasteiger partial charge in [0.1, 0.15) is 5.75 Å². The van der Waals surface area contributed by atoms with Gasteiger partial charge in [-0.3, -0.25) is 4.79 Å². The molecule has 0 unspecified atom stereocenters. The van der Waals surface area contributed by atoms with E-state index >= 15 is 0 Å². The number of nitrogens with one attached hydrogen (secondary N) is 1. The maximum absolute atomic E-state index is 12.4. The summed E-state index contributed by atoms with van der Waals surface area (Å²) in [6.45, 7) is 0. The fourth-order valence-corrected chi connectivity index (χ4v) is 2.53. The number of aromatic nitrogens is 2. The van der Waals surface area contributed by atoms with E-state index in [4.69, 9.17) is 13.9 Å². The number of nitrogens with zero attached hydrogens (tertiary/aromatic N) is 2. The topological polar surface area (TPSA) is 86.5 Å². The predicted octanol–water partition coefficient (Wildman–Crippen LogP) is 4.28. The molecule has 7 nitrogen and oxygen atoms in total. The van der Waals surface area contributed by atoms with Gasteiger partial charge in [0.25, 0.3) is 5.91 Å². The fraction of sp³-hybridized carbons (Fsp3) is 0.0500. The second-order valence-corrected chi connectivity index (χ2v) is 5.61. The molecule has 0 spiro atoms. The highest BCUT2D eigenvalue weighted by Gasteiger charge is 2.15. The number of anilines is 1. The first-order chi connectivity index (χ1) is 13.2. The molecule has 0 radical (unpaired) electrons. The van der Waals surface area contributed by atoms with Gasteiger partial charge in [-0.1, -0.05) is 30.3 Å². The lowest BCUT2D eigenvalue weighted by Gasteiger charge is -2.05. The zero-order valence-corrected chi connectivity index (χ0v) is 14.4. The first-order valence-electron chi connectivity index (χ1n) is 8.16. The second-order valence-electron chi connectivity index (χ2n) is 5.61. The molecule has 27 heavy (non-hydrogen) atoms. The van der Waals surface area contributed by atoms with E-state index in [9.17, 15) is 4.79 Å². The normalized spacial score (nSPS) is 10.6. The standard InChI is InChI=1S/C20H15N3O4/c1-25-16-9-5-6-13-10-17(27-18(13)16)19(24)23-14-11-21-20(22-12-14)26-15-7-3-2-4-8-15/h2-12H,1H3,(H,23,24). The van der Waals surface area contributed by atoms with Gasteiger partial charge in [0.2, 0.25) is 0 Å². The second kappa shape index (κ2) is 7.17. The Kier molecular flexibility index (Phi) is 4.40. The van der Waals surface area contributed by atoms with E-state index in [1.807, 2.05) is 30.3 Å². The molecule has 0 saturated heterocycles. The van der Waals surface area contributed by atoms with Crippen LogP contribution in [0.15, 0.2) is 71.4 Å². The molecular weight excluding hydrogens is 346 g/mol. The average Bonchev–Trinajstić information content (AvgIpc) is 3.15. The number of rotatable bonds is 5. The molecule has 0 aliphatic carbocycles. The van der Waals surface area contributed by atoms with Gasteiger partial charge in [-0.25, -0.2) is 9.97 Å². The van der Waals surface area contributed by atoms with Crippen LogP contribution in [0.25, 0.3) is 11.0 Å². The number of fused-ring (bicyclic) bond motifs is 1. The van der Waals surface area contributed by atoms with Crippen molar-refractivity contribution in [1.82, 2.24) is 9.97 Å². The number of carbonyl (C=O) groups excluding carboxylic acids is 1. The molecule has 0 aliphatic rings. The number of carbonyl (C=O) groups is 1. The quantitative estimate of drug-likeness (QED) is 0.571. The molecule has 0 saturated carbocycles. The lowest BCUT2D eigenvalue weighted by atomic mass is 10.2. The lowest BCUT2D eigenvalue weighted by molar-refractivity contribution is 0.0998. The number of hydrogen-bond acceptors (Lipinski definition) is 6. The Balaban J connectivity index is 1.48. The van der Waals surface area contributed by atoms with E-state index in [1.54, 1.807) is 31.4 Å². The minimum Gasteiger partial charge on any atom is -0.493 e. The monoisotopic (exact) mass is 361 g/mol. The Hall–Kier alpha value is -3.87. The van der Waals surface area contributed by atoms with Crippen LogP contribution in [0.1, 0.15) is 10.6 Å². The fourth-order valence-electron chi connectivity index (χ4n) is 2.53. The lowest BCUT2D eigenvalue weighted by Crippen LogP contribution is -2.11. The largest absolute Gasteiger partial charge is 0.493 e. The third-order valence-corrected chi connectivity index (χ3v) is 3.79. The Bertz CT molecular complexity index is 1080. The summed E-state index contributed by atoms with van der Waals surface area (Å²) >= 11 is 0. The van der Waals surface area contributed by atoms with Gasteiger partial charge in [-0.05, 0) is 24.3 Å². The molecule has 1 amide bonds. The number of furan rings is 1. The summed E-state index contributed by atoms with van der Waals surface area (Å²) < 4.78 is 16.4. The third-order valence-electron chi connectivity index (χ3n) is 3.79. The van der Waals surface area contributed by atoms with E-state index < -0.39 is 5.91 Å². The van der Waals surface area contributed by atoms with Crippen LogP contribution in [0.2, 0.25) is 0 Å². The summed E-state index contributed by atoms with van der Waals surface area (Å²) in [6.07, 6.45) is 2.93. The summed E-state index contributed by atoms with van der Waals surface area (Å²) in [5.74, 6) is 0.954. The van der Waals surface area contributed by atoms with E-state index in [0.29, 0.717) is 22.8 Å². The van der Waals surface area contributed by atoms with E-state index in [2.05, 4.69) is 15.3 Å². The van der Waals surface area contributed by atoms with Crippen molar-refractivity contribution >= 4 is 22.6 Å². The molecule has 2 aromatic heterocycles. The average molecular weight is 361 g/mol. The maximum Gasteiger partial charge on any atom is 0.322 e. The Morgan fingerprint density at radius 3 is 2.56 bits per heavy atom. The molecule has 0 bridgehead atoms. The smallest absolute Gasteiger partial charge is 0.322 e. The Morgan fingerprint density at radius 2 is 1.81 bits per heavy atom. The molecule has 1 N–H and O–H groups in total. The third kappa shape index (κ3) is 3.57. The van der Waals surface area contributed by atoms with Crippen LogP contribution < -0.4 is 14.8 Å². The van der Waals surface area contributed by atoms with Crippen molar-refractivity contribution in [1.29, 1.82) is 0 Å². The van der Waals surface area contributed by atoms with E-state index in [-0.39, 0.29) is 11.8 Å². The maximum atomic E-state index is 12.4. The predicted molar refractivity (Wildman–Crippen MR) is 99.3 cm³/mol. The van der Waals surface area contributed by atoms with Crippen molar-refractivity contribution in [3.8, 4) is 17.5 Å². The van der Waals surface area contributed by atoms with Crippen molar-refractivity contribution in [2.45, 2.75) is 0 Å². The molecule has 0 fully saturated rings. The van der Waals surface area contributed by atoms with Gasteiger partial charge in [0.05, 0.1) is 25.2 Å². The molecular formula is C20H15N3O4. The van der Waals surface area contributed by atoms with Gasteiger partial charge in [-0.2, -0.15) is 0 Å². The van der Waals surface area contributed by atoms with Crippen LogP contribution in [-0.2, 0) is 0 Å². The summed E-state index contributed by atoms with van der Waals surface area (Å²) in [6, 6.07) is 16.5. The number of para-hydroxylation sites is 2. The first kappa shape index (κ1) is 16.6. The number of hydrogen-bond donors (Lipinski definition) is 1. The number of methoxy groups -OCH3 is 1. The van der Waals surface area contributed by atoms with Gasteiger partial charge in [0, 0.05) is 5.39 Å². The molecule has 0 atom stereocenters. The van der Waals surface area contributed by atoms with E-state index in [1.165, 1.54) is 12.4 Å². The summed E-state index contributed by atoms with van der Waals surface area (Å²) in [5.41, 5.74) is 0.945. The van der Waals surface area contributed by atoms with Crippen molar-refractivity contribution < 1.29 is 18.7 Å². The van der Waals surface area contributed by atoms with Gasteiger partial charge < -0.3 is 19.2 Å². The van der Waals surface area contributed by atoms with Crippen LogP contribution in [0.5, 0.6) is 17.5 Å². The van der Waals surface area contributed by atoms with Crippen LogP contribution in [0.4, 0.5) is 5.69 Å². The zero-order valence-electron chi connectivity index (χ0n) is 14.4. The summed E-state index contributed by atoms with van der Waals surface area (Å²) in [4.78, 5) is 20.6. The summed E-state index contributed by atoms with van der Waals surface area (Å²) in [7, 11) is 1.55. The highest BCUT2D eigenvalue weighted by Crippen LogP contribution is 2.28. The van der Waals surface area contributed by atoms with Crippen molar-refractivity contribution in [2.24, 2.45) is 0 Å². The zero-order chi connectivity index (χ0) is 18.6. The molecule has 2 aromatic carbocycles. The first-order valence-corrected chi connectivity index (χ1v) is 8.16. The van der Waals surface area contributed by atoms with Gasteiger partial charge >= 0.3 is 6.01 Å². The van der Waals surface area contributed by atoms with E-state index in [0.717, 1.165) is 5.39 Å². The molecule has 134 valence electrons. The molecule has 0 aliphatic heterocycles. The Labute approximate surface area is 154 Å².